The van der Waals surface area contributed by atoms with Gasteiger partial charge in [-0.3, -0.25) is 0 Å². The van der Waals surface area contributed by atoms with Gasteiger partial charge in [0.25, 0.3) is 0 Å². The summed E-state index contributed by atoms with van der Waals surface area (Å²) in [5, 5.41) is 10.5. The summed E-state index contributed by atoms with van der Waals surface area (Å²) in [4.78, 5) is 0. The maximum absolute atomic E-state index is 10.5. The lowest BCUT2D eigenvalue weighted by Crippen LogP contribution is -2.34. The highest BCUT2D eigenvalue weighted by atomic mass is 16.3. The molecule has 2 fully saturated rings. The van der Waals surface area contributed by atoms with Gasteiger partial charge in [0.05, 0.1) is 6.10 Å². The highest BCUT2D eigenvalue weighted by molar-refractivity contribution is 5.29. The van der Waals surface area contributed by atoms with Crippen LogP contribution in [0.25, 0.3) is 0 Å². The van der Waals surface area contributed by atoms with Crippen molar-refractivity contribution in [1.29, 1.82) is 0 Å². The predicted molar refractivity (Wildman–Crippen MR) is 67.5 cm³/mol. The lowest BCUT2D eigenvalue weighted by molar-refractivity contribution is 0.0532. The average molecular weight is 226 g/mol. The molecular weight excluding hydrogens is 208 g/mol. The smallest absolute Gasteiger partial charge is 0.0645 e. The highest BCUT2D eigenvalue weighted by Crippen LogP contribution is 2.61. The van der Waals surface area contributed by atoms with E-state index in [1.165, 1.54) is 18.4 Å². The third kappa shape index (κ3) is 1.23. The van der Waals surface area contributed by atoms with E-state index < -0.39 is 0 Å². The van der Waals surface area contributed by atoms with Crippen molar-refractivity contribution in [3.05, 3.63) is 48.0 Å². The van der Waals surface area contributed by atoms with E-state index in [0.717, 1.165) is 5.92 Å². The number of rotatable bonds is 1. The number of fused-ring (bicyclic) bond motifs is 5. The van der Waals surface area contributed by atoms with Crippen LogP contribution >= 0.6 is 0 Å². The third-order valence-electron chi connectivity index (χ3n) is 5.30. The topological polar surface area (TPSA) is 20.2 Å². The summed E-state index contributed by atoms with van der Waals surface area (Å²) in [5.74, 6) is 3.11. The summed E-state index contributed by atoms with van der Waals surface area (Å²) < 4.78 is 0. The van der Waals surface area contributed by atoms with Gasteiger partial charge in [0.2, 0.25) is 0 Å². The molecule has 2 bridgehead atoms. The Balaban J connectivity index is 1.71. The molecule has 1 aromatic rings. The van der Waals surface area contributed by atoms with Crippen LogP contribution in [-0.4, -0.2) is 11.2 Å². The molecular formula is C16H18O. The molecule has 6 atom stereocenters. The lowest BCUT2D eigenvalue weighted by atomic mass is 9.71. The fraction of sp³-hybridized carbons (Fsp3) is 0.500. The molecule has 2 saturated carbocycles. The first kappa shape index (κ1) is 9.90. The first-order chi connectivity index (χ1) is 8.36. The van der Waals surface area contributed by atoms with Crippen molar-refractivity contribution in [1.82, 2.24) is 0 Å². The third-order valence-corrected chi connectivity index (χ3v) is 5.30. The molecule has 1 heteroatoms. The van der Waals surface area contributed by atoms with E-state index in [1.54, 1.807) is 0 Å². The van der Waals surface area contributed by atoms with Gasteiger partial charge < -0.3 is 5.11 Å². The fourth-order valence-electron chi connectivity index (χ4n) is 4.68. The zero-order valence-electron chi connectivity index (χ0n) is 9.87. The second-order valence-corrected chi connectivity index (χ2v) is 5.90. The van der Waals surface area contributed by atoms with E-state index in [-0.39, 0.29) is 6.10 Å². The minimum Gasteiger partial charge on any atom is -0.392 e. The largest absolute Gasteiger partial charge is 0.392 e. The Morgan fingerprint density at radius 1 is 1.00 bits per heavy atom. The van der Waals surface area contributed by atoms with Gasteiger partial charge in [0.15, 0.2) is 0 Å². The van der Waals surface area contributed by atoms with E-state index in [0.29, 0.717) is 23.7 Å². The number of benzene rings is 1. The molecule has 0 aliphatic heterocycles. The van der Waals surface area contributed by atoms with Crippen LogP contribution in [0.3, 0.4) is 0 Å². The van der Waals surface area contributed by atoms with Crippen LogP contribution in [0, 0.1) is 23.7 Å². The molecule has 3 aliphatic carbocycles. The maximum atomic E-state index is 10.5. The molecule has 0 spiro atoms. The summed E-state index contributed by atoms with van der Waals surface area (Å²) in [6.07, 6.45) is 7.04. The second kappa shape index (κ2) is 3.46. The van der Waals surface area contributed by atoms with Crippen LogP contribution in [0.15, 0.2) is 42.5 Å². The summed E-state index contributed by atoms with van der Waals surface area (Å²) in [5.41, 5.74) is 1.35. The minimum absolute atomic E-state index is 0.119. The van der Waals surface area contributed by atoms with Crippen molar-refractivity contribution in [2.75, 3.05) is 0 Å². The van der Waals surface area contributed by atoms with Crippen LogP contribution in [0.1, 0.15) is 24.3 Å². The monoisotopic (exact) mass is 226 g/mol. The predicted octanol–water partition coefficient (Wildman–Crippen LogP) is 2.97. The van der Waals surface area contributed by atoms with Crippen molar-refractivity contribution >= 4 is 0 Å². The molecule has 3 aliphatic rings. The summed E-state index contributed by atoms with van der Waals surface area (Å²) in [6.45, 7) is 0. The Bertz CT molecular complexity index is 450. The highest BCUT2D eigenvalue weighted by Gasteiger charge is 2.57. The van der Waals surface area contributed by atoms with Gasteiger partial charge in [0.1, 0.15) is 0 Å². The first-order valence-electron chi connectivity index (χ1n) is 6.76. The van der Waals surface area contributed by atoms with Gasteiger partial charge in [-0.05, 0) is 42.1 Å². The quantitative estimate of drug-likeness (QED) is 0.730. The van der Waals surface area contributed by atoms with E-state index >= 15 is 0 Å². The second-order valence-electron chi connectivity index (χ2n) is 5.90. The van der Waals surface area contributed by atoms with Crippen LogP contribution < -0.4 is 0 Å². The molecule has 0 radical (unpaired) electrons. The van der Waals surface area contributed by atoms with Crippen molar-refractivity contribution in [3.8, 4) is 0 Å². The SMILES string of the molecule is OC1C2CC(C3CC=CC23)C1c1ccccc1. The molecule has 88 valence electrons. The standard InChI is InChI=1S/C16H18O/c17-16-14-9-13(11-7-4-8-12(11)14)15(16)10-5-2-1-3-6-10/h1-6,8,11-17H,7,9H2. The van der Waals surface area contributed by atoms with Crippen molar-refractivity contribution in [2.45, 2.75) is 24.9 Å². The Labute approximate surface area is 102 Å². The Hall–Kier alpha value is -1.08. The molecule has 1 aromatic carbocycles. The molecule has 6 unspecified atom stereocenters. The van der Waals surface area contributed by atoms with Gasteiger partial charge in [-0.1, -0.05) is 42.5 Å². The van der Waals surface area contributed by atoms with Gasteiger partial charge in [0, 0.05) is 5.92 Å². The minimum atomic E-state index is -0.119. The summed E-state index contributed by atoms with van der Waals surface area (Å²) in [6, 6.07) is 10.6. The molecule has 0 amide bonds. The number of hydrogen-bond donors (Lipinski definition) is 1. The van der Waals surface area contributed by atoms with Crippen molar-refractivity contribution in [3.63, 3.8) is 0 Å². The molecule has 1 N–H and O–H groups in total. The Kier molecular flexibility index (Phi) is 2.01. The van der Waals surface area contributed by atoms with Crippen LogP contribution in [0.2, 0.25) is 0 Å². The normalized spacial score (nSPS) is 46.4. The molecule has 0 aromatic heterocycles. The van der Waals surface area contributed by atoms with Crippen LogP contribution in [0.5, 0.6) is 0 Å². The number of hydrogen-bond acceptors (Lipinski definition) is 1. The maximum Gasteiger partial charge on any atom is 0.0645 e. The van der Waals surface area contributed by atoms with E-state index in [2.05, 4.69) is 42.5 Å². The van der Waals surface area contributed by atoms with E-state index in [9.17, 15) is 5.11 Å². The van der Waals surface area contributed by atoms with Gasteiger partial charge in [-0.15, -0.1) is 0 Å². The van der Waals surface area contributed by atoms with Crippen LogP contribution in [-0.2, 0) is 0 Å². The Morgan fingerprint density at radius 2 is 1.82 bits per heavy atom. The van der Waals surface area contributed by atoms with Crippen molar-refractivity contribution in [2.24, 2.45) is 23.7 Å². The van der Waals surface area contributed by atoms with Crippen LogP contribution in [0.4, 0.5) is 0 Å². The number of aliphatic hydroxyl groups excluding tert-OH is 1. The molecule has 0 heterocycles. The molecule has 0 saturated heterocycles. The molecule has 17 heavy (non-hydrogen) atoms. The van der Waals surface area contributed by atoms with E-state index in [4.69, 9.17) is 0 Å². The Morgan fingerprint density at radius 3 is 2.65 bits per heavy atom. The van der Waals surface area contributed by atoms with Gasteiger partial charge >= 0.3 is 0 Å². The molecule has 4 rings (SSSR count). The number of aliphatic hydroxyl groups is 1. The zero-order valence-corrected chi connectivity index (χ0v) is 9.87. The van der Waals surface area contributed by atoms with E-state index in [1.807, 2.05) is 0 Å². The average Bonchev–Trinajstić information content (AvgIpc) is 3.00. The van der Waals surface area contributed by atoms with Gasteiger partial charge in [-0.25, -0.2) is 0 Å². The van der Waals surface area contributed by atoms with Crippen molar-refractivity contribution < 1.29 is 5.11 Å². The number of allylic oxidation sites excluding steroid dienone is 2. The van der Waals surface area contributed by atoms with Gasteiger partial charge in [-0.2, -0.15) is 0 Å². The lowest BCUT2D eigenvalue weighted by Gasteiger charge is -2.35. The first-order valence-corrected chi connectivity index (χ1v) is 6.76. The molecule has 1 nitrogen and oxygen atoms in total. The summed E-state index contributed by atoms with van der Waals surface area (Å²) >= 11 is 0. The zero-order chi connectivity index (χ0) is 11.4. The fourth-order valence-corrected chi connectivity index (χ4v) is 4.68. The summed E-state index contributed by atoms with van der Waals surface area (Å²) in [7, 11) is 0.